The van der Waals surface area contributed by atoms with Gasteiger partial charge in [-0.3, -0.25) is 9.48 Å². The molecule has 0 spiro atoms. The fourth-order valence-electron chi connectivity index (χ4n) is 3.66. The van der Waals surface area contributed by atoms with Crippen molar-refractivity contribution >= 4 is 22.4 Å². The molecule has 3 aromatic carbocycles. The van der Waals surface area contributed by atoms with Crippen LogP contribution in [0.3, 0.4) is 0 Å². The number of nitrogens with zero attached hydrogens (tertiary/aromatic N) is 2. The number of aliphatic hydroxyl groups is 1. The molecule has 2 N–H and O–H groups in total. The van der Waals surface area contributed by atoms with Crippen LogP contribution in [0.4, 0.5) is 5.69 Å². The molecule has 0 bridgehead atoms. The number of Topliss-reactive ketones (excluding diaryl/α,β-unsaturated/α-hetero) is 1. The standard InChI is InChI=1S/C25H25N3O4/c1-28-22-11-7-6-10-21(22)24(27-28)25(30)23(17-8-4-3-5-9-17)26-18-14-19(31-2)16-20(15-18)32-13-12-29/h3-11,14-16,23,26,29H,12-13H2,1-2H3. The van der Waals surface area contributed by atoms with Crippen molar-refractivity contribution in [2.75, 3.05) is 25.6 Å². The maximum Gasteiger partial charge on any atom is 0.210 e. The van der Waals surface area contributed by atoms with Crippen molar-refractivity contribution in [2.24, 2.45) is 7.05 Å². The number of ether oxygens (including phenoxy) is 2. The molecular formula is C25H25N3O4. The third-order valence-electron chi connectivity index (χ3n) is 5.17. The molecule has 164 valence electrons. The van der Waals surface area contributed by atoms with E-state index in [0.29, 0.717) is 22.9 Å². The second kappa shape index (κ2) is 9.53. The van der Waals surface area contributed by atoms with Crippen molar-refractivity contribution in [2.45, 2.75) is 6.04 Å². The molecule has 0 saturated heterocycles. The van der Waals surface area contributed by atoms with Crippen LogP contribution in [-0.4, -0.2) is 41.0 Å². The van der Waals surface area contributed by atoms with Crippen molar-refractivity contribution in [3.8, 4) is 11.5 Å². The maximum absolute atomic E-state index is 13.8. The third-order valence-corrected chi connectivity index (χ3v) is 5.17. The summed E-state index contributed by atoms with van der Waals surface area (Å²) in [6.45, 7) is 0.0609. The van der Waals surface area contributed by atoms with Gasteiger partial charge >= 0.3 is 0 Å². The molecule has 0 aliphatic carbocycles. The van der Waals surface area contributed by atoms with Crippen molar-refractivity contribution in [1.29, 1.82) is 0 Å². The van der Waals surface area contributed by atoms with E-state index in [1.165, 1.54) is 0 Å². The first-order valence-corrected chi connectivity index (χ1v) is 10.3. The molecule has 0 fully saturated rings. The lowest BCUT2D eigenvalue weighted by Gasteiger charge is -2.20. The van der Waals surface area contributed by atoms with Gasteiger partial charge in [-0.25, -0.2) is 0 Å². The first kappa shape index (κ1) is 21.4. The van der Waals surface area contributed by atoms with Gasteiger partial charge in [-0.2, -0.15) is 5.10 Å². The highest BCUT2D eigenvalue weighted by Gasteiger charge is 2.27. The summed E-state index contributed by atoms with van der Waals surface area (Å²) in [5.41, 5.74) is 2.76. The number of methoxy groups -OCH3 is 1. The Morgan fingerprint density at radius 2 is 1.78 bits per heavy atom. The lowest BCUT2D eigenvalue weighted by molar-refractivity contribution is 0.0965. The zero-order valence-electron chi connectivity index (χ0n) is 18.0. The Balaban J connectivity index is 1.75. The van der Waals surface area contributed by atoms with Crippen LogP contribution >= 0.6 is 0 Å². The van der Waals surface area contributed by atoms with Gasteiger partial charge in [-0.05, 0) is 11.6 Å². The first-order valence-electron chi connectivity index (χ1n) is 10.3. The molecule has 7 nitrogen and oxygen atoms in total. The van der Waals surface area contributed by atoms with Gasteiger partial charge in [-0.1, -0.05) is 48.5 Å². The number of benzene rings is 3. The van der Waals surface area contributed by atoms with Gasteiger partial charge in [-0.15, -0.1) is 0 Å². The number of hydrogen-bond acceptors (Lipinski definition) is 6. The number of carbonyl (C=O) groups is 1. The lowest BCUT2D eigenvalue weighted by atomic mass is 9.98. The van der Waals surface area contributed by atoms with Gasteiger partial charge in [0.15, 0.2) is 0 Å². The van der Waals surface area contributed by atoms with Gasteiger partial charge in [0.25, 0.3) is 0 Å². The minimum atomic E-state index is -0.674. The van der Waals surface area contributed by atoms with Crippen LogP contribution in [0.15, 0.2) is 72.8 Å². The lowest BCUT2D eigenvalue weighted by Crippen LogP contribution is -2.22. The maximum atomic E-state index is 13.8. The van der Waals surface area contributed by atoms with E-state index < -0.39 is 6.04 Å². The molecule has 0 radical (unpaired) electrons. The number of carbonyl (C=O) groups excluding carboxylic acids is 1. The summed E-state index contributed by atoms with van der Waals surface area (Å²) in [4.78, 5) is 13.8. The minimum Gasteiger partial charge on any atom is -0.497 e. The molecule has 1 atom stereocenters. The number of aliphatic hydroxyl groups excluding tert-OH is 1. The van der Waals surface area contributed by atoms with E-state index in [1.807, 2.05) is 61.6 Å². The average molecular weight is 431 g/mol. The van der Waals surface area contributed by atoms with Crippen LogP contribution in [-0.2, 0) is 7.05 Å². The molecule has 0 amide bonds. The van der Waals surface area contributed by atoms with Crippen LogP contribution in [0.5, 0.6) is 11.5 Å². The number of aromatic nitrogens is 2. The normalized spacial score (nSPS) is 11.8. The summed E-state index contributed by atoms with van der Waals surface area (Å²) >= 11 is 0. The van der Waals surface area contributed by atoms with Crippen LogP contribution in [0.1, 0.15) is 22.1 Å². The molecule has 4 aromatic rings. The first-order chi connectivity index (χ1) is 15.6. The van der Waals surface area contributed by atoms with Crippen LogP contribution < -0.4 is 14.8 Å². The average Bonchev–Trinajstić information content (AvgIpc) is 3.18. The molecule has 1 heterocycles. The number of anilines is 1. The predicted octanol–water partition coefficient (Wildman–Crippen LogP) is 3.99. The van der Waals surface area contributed by atoms with Crippen LogP contribution in [0.2, 0.25) is 0 Å². The van der Waals surface area contributed by atoms with Gasteiger partial charge < -0.3 is 19.9 Å². The zero-order valence-corrected chi connectivity index (χ0v) is 18.0. The number of ketones is 1. The number of aryl methyl sites for hydroxylation is 1. The summed E-state index contributed by atoms with van der Waals surface area (Å²) in [5, 5.41) is 17.7. The second-order valence-electron chi connectivity index (χ2n) is 7.31. The molecule has 32 heavy (non-hydrogen) atoms. The fraction of sp³-hybridized carbons (Fsp3) is 0.200. The van der Waals surface area contributed by atoms with Crippen LogP contribution in [0.25, 0.3) is 10.9 Å². The largest absolute Gasteiger partial charge is 0.497 e. The number of para-hydroxylation sites is 1. The molecule has 7 heteroatoms. The highest BCUT2D eigenvalue weighted by Crippen LogP contribution is 2.31. The summed E-state index contributed by atoms with van der Waals surface area (Å²) < 4.78 is 12.7. The highest BCUT2D eigenvalue weighted by atomic mass is 16.5. The Kier molecular flexibility index (Phi) is 6.37. The highest BCUT2D eigenvalue weighted by molar-refractivity contribution is 6.09. The Bertz CT molecular complexity index is 1220. The fourth-order valence-corrected chi connectivity index (χ4v) is 3.66. The molecule has 1 unspecified atom stereocenters. The zero-order chi connectivity index (χ0) is 22.5. The van der Waals surface area contributed by atoms with E-state index >= 15 is 0 Å². The smallest absolute Gasteiger partial charge is 0.210 e. The molecule has 0 aliphatic heterocycles. The number of hydrogen-bond donors (Lipinski definition) is 2. The van der Waals surface area contributed by atoms with Crippen molar-refractivity contribution in [1.82, 2.24) is 9.78 Å². The predicted molar refractivity (Wildman–Crippen MR) is 123 cm³/mol. The Morgan fingerprint density at radius 1 is 1.06 bits per heavy atom. The molecule has 0 aliphatic rings. The van der Waals surface area contributed by atoms with E-state index in [0.717, 1.165) is 16.5 Å². The van der Waals surface area contributed by atoms with Crippen molar-refractivity contribution in [3.05, 3.63) is 84.1 Å². The van der Waals surface area contributed by atoms with Crippen LogP contribution in [0, 0.1) is 0 Å². The van der Waals surface area contributed by atoms with Gasteiger partial charge in [0, 0.05) is 36.3 Å². The number of fused-ring (bicyclic) bond motifs is 1. The van der Waals surface area contributed by atoms with Gasteiger partial charge in [0.2, 0.25) is 5.78 Å². The Hall–Kier alpha value is -3.84. The Morgan fingerprint density at radius 3 is 2.53 bits per heavy atom. The van der Waals surface area contributed by atoms with E-state index in [1.54, 1.807) is 30.0 Å². The summed E-state index contributed by atoms with van der Waals surface area (Å²) in [7, 11) is 3.39. The topological polar surface area (TPSA) is 85.6 Å². The van der Waals surface area contributed by atoms with E-state index in [9.17, 15) is 4.79 Å². The molecule has 1 aromatic heterocycles. The van der Waals surface area contributed by atoms with E-state index in [2.05, 4.69) is 10.4 Å². The monoisotopic (exact) mass is 431 g/mol. The second-order valence-corrected chi connectivity index (χ2v) is 7.31. The Labute approximate surface area is 186 Å². The molecule has 4 rings (SSSR count). The van der Waals surface area contributed by atoms with Gasteiger partial charge in [0.05, 0.1) is 19.2 Å². The summed E-state index contributed by atoms with van der Waals surface area (Å²) in [6.07, 6.45) is 0. The molecule has 0 saturated carbocycles. The summed E-state index contributed by atoms with van der Waals surface area (Å²) in [5.74, 6) is 0.961. The quantitative estimate of drug-likeness (QED) is 0.390. The van der Waals surface area contributed by atoms with Crippen molar-refractivity contribution in [3.63, 3.8) is 0 Å². The number of rotatable bonds is 9. The van der Waals surface area contributed by atoms with E-state index in [-0.39, 0.29) is 19.0 Å². The minimum absolute atomic E-state index is 0.0994. The van der Waals surface area contributed by atoms with E-state index in [4.69, 9.17) is 14.6 Å². The van der Waals surface area contributed by atoms with Crippen molar-refractivity contribution < 1.29 is 19.4 Å². The summed E-state index contributed by atoms with van der Waals surface area (Å²) in [6, 6.07) is 21.8. The SMILES string of the molecule is COc1cc(NC(C(=O)c2nn(C)c3ccccc23)c2ccccc2)cc(OCCO)c1. The number of nitrogens with one attached hydrogen (secondary N) is 1. The van der Waals surface area contributed by atoms with Gasteiger partial charge in [0.1, 0.15) is 29.8 Å². The third kappa shape index (κ3) is 4.43. The molecular weight excluding hydrogens is 406 g/mol.